The molecule has 1 saturated heterocycles. The minimum absolute atomic E-state index is 0.0165. The van der Waals surface area contributed by atoms with E-state index in [1.54, 1.807) is 50.4 Å². The summed E-state index contributed by atoms with van der Waals surface area (Å²) in [4.78, 5) is 152. The van der Waals surface area contributed by atoms with E-state index < -0.39 is 151 Å². The molecule has 1 aliphatic heterocycles. The molecule has 90 heavy (non-hydrogen) atoms. The van der Waals surface area contributed by atoms with Crippen molar-refractivity contribution in [2.45, 2.75) is 113 Å². The topological polar surface area (TPSA) is 458 Å². The fourth-order valence-electron chi connectivity index (χ4n) is 8.60. The summed E-state index contributed by atoms with van der Waals surface area (Å²) in [6, 6.07) is 4.99. The smallest absolute Gasteiger partial charge is 0.333 e. The molecule has 18 N–H and O–H groups in total. The Balaban J connectivity index is 1.62. The Morgan fingerprint density at radius 3 is 1.86 bits per heavy atom. The molecule has 2 unspecified atom stereocenters. The number of hydrogen-bond acceptors (Lipinski definition) is 20. The minimum atomic E-state index is -1.99. The largest absolute Gasteiger partial charge is 0.508 e. The van der Waals surface area contributed by atoms with Crippen LogP contribution < -0.4 is 69.8 Å². The van der Waals surface area contributed by atoms with Crippen LogP contribution in [0.1, 0.15) is 50.3 Å². The van der Waals surface area contributed by atoms with Gasteiger partial charge in [0.25, 0.3) is 5.91 Å². The van der Waals surface area contributed by atoms with E-state index in [4.69, 9.17) is 15.2 Å². The molecule has 0 aromatic heterocycles. The maximum atomic E-state index is 14.7. The van der Waals surface area contributed by atoms with Gasteiger partial charge in [-0.2, -0.15) is 24.4 Å². The van der Waals surface area contributed by atoms with Crippen molar-refractivity contribution in [2.24, 2.45) is 11.7 Å². The summed E-state index contributed by atoms with van der Waals surface area (Å²) in [7, 11) is 0. The van der Waals surface area contributed by atoms with Gasteiger partial charge in [-0.25, -0.2) is 10.2 Å². The number of hydrazine groups is 1. The van der Waals surface area contributed by atoms with Crippen LogP contribution in [0.25, 0.3) is 0 Å². The monoisotopic (exact) mass is 1300 g/mol. The van der Waals surface area contributed by atoms with Gasteiger partial charge in [-0.15, -0.1) is 0 Å². The number of rotatable bonds is 30. The second-order valence-corrected chi connectivity index (χ2v) is 22.3. The molecule has 0 saturated carbocycles. The number of nitrogens with one attached hydrogen (secondary N) is 12. The number of amides is 12. The van der Waals surface area contributed by atoms with Crippen molar-refractivity contribution in [2.75, 3.05) is 63.9 Å². The normalized spacial score (nSPS) is 19.8. The first-order valence-corrected chi connectivity index (χ1v) is 30.9. The van der Waals surface area contributed by atoms with E-state index in [2.05, 4.69) is 76.6 Å². The fraction of sp³-hybridized carbons (Fsp3) is 0.500. The van der Waals surface area contributed by atoms with Crippen LogP contribution in [-0.4, -0.2) is 210 Å². The Morgan fingerprint density at radius 2 is 1.26 bits per heavy atom. The lowest BCUT2D eigenvalue weighted by Crippen LogP contribution is -2.64. The zero-order chi connectivity index (χ0) is 66.3. The Hall–Kier alpha value is -8.27. The number of aromatic hydroxyl groups is 2. The number of hydrogen-bond donors (Lipinski definition) is 18. The van der Waals surface area contributed by atoms with Crippen LogP contribution in [0.4, 0.5) is 4.79 Å². The second kappa shape index (κ2) is 39.0. The third-order valence-corrected chi connectivity index (χ3v) is 15.0. The van der Waals surface area contributed by atoms with E-state index in [-0.39, 0.29) is 69.3 Å². The van der Waals surface area contributed by atoms with E-state index >= 15 is 0 Å². The molecule has 12 amide bonds. The highest BCUT2D eigenvalue weighted by molar-refractivity contribution is 7.98. The molecule has 494 valence electrons. The van der Waals surface area contributed by atoms with Crippen LogP contribution in [0.3, 0.4) is 0 Å². The number of phenolic OH excluding ortho intramolecular Hbond substituents is 2. The summed E-state index contributed by atoms with van der Waals surface area (Å²) < 4.78 is 10.8. The van der Waals surface area contributed by atoms with Crippen molar-refractivity contribution >= 4 is 89.5 Å². The Morgan fingerprint density at radius 1 is 0.678 bits per heavy atom. The molecule has 32 heteroatoms. The first-order chi connectivity index (χ1) is 43.0. The first kappa shape index (κ1) is 74.2. The average Bonchev–Trinajstić information content (AvgIpc) is 1.31. The summed E-state index contributed by atoms with van der Waals surface area (Å²) in [6.07, 6.45) is -0.240. The predicted molar refractivity (Wildman–Crippen MR) is 332 cm³/mol. The molecule has 0 bridgehead atoms. The molecule has 0 spiro atoms. The molecule has 3 aromatic rings. The standard InChI is InChI=1S/C58H83N13O17S2/c1-5-32(2)47-56(84)63-40(19-24-90-4)55(83)70-71-58(86)61-28-44(53(81)65-42(27-36-13-17-38(75)18-14-36)51(79)64-43(52(80)68-47)25-34-9-7-6-8-10-34)66-57(85)48(33(3)73)69-54(82)45(29-72)67-50(78)41(26-35-11-15-37(74)16-12-35)62-46(76)30-88-23-22-87-21-20-60-49(77)39(59)31-89/h6-18,32-33,39-45,47-48,72-75,89H,5,19-31,59H2,1-4H3,(H,60,77)(H,62,76)(H,63,84)(H,64,79)(H,65,81)(H,66,85)(H,67,78)(H,68,80)(H,69,82)(H,70,83)(H2,61,71,86)/t32?,33?,39-,40-,41-,42-,43-,44-,45-,47-,48-/m0/s1. The quantitative estimate of drug-likeness (QED) is 0.0223. The third-order valence-electron chi connectivity index (χ3n) is 14.0. The molecule has 0 aliphatic carbocycles. The van der Waals surface area contributed by atoms with Crippen molar-refractivity contribution < 1.29 is 82.6 Å². The van der Waals surface area contributed by atoms with Gasteiger partial charge in [0.2, 0.25) is 53.2 Å². The number of urea groups is 1. The minimum Gasteiger partial charge on any atom is -0.508 e. The van der Waals surface area contributed by atoms with Gasteiger partial charge in [-0.1, -0.05) is 74.9 Å². The van der Waals surface area contributed by atoms with Gasteiger partial charge in [-0.3, -0.25) is 53.4 Å². The van der Waals surface area contributed by atoms with Crippen molar-refractivity contribution in [1.82, 2.24) is 64.0 Å². The number of thiol groups is 1. The lowest BCUT2D eigenvalue weighted by molar-refractivity contribution is -0.137. The molecule has 4 rings (SSSR count). The zero-order valence-electron chi connectivity index (χ0n) is 50.3. The van der Waals surface area contributed by atoms with Crippen molar-refractivity contribution in [3.05, 3.63) is 95.6 Å². The number of carbonyl (C=O) groups excluding carboxylic acids is 11. The van der Waals surface area contributed by atoms with Gasteiger partial charge in [-0.05, 0) is 72.2 Å². The van der Waals surface area contributed by atoms with E-state index in [1.807, 2.05) is 0 Å². The summed E-state index contributed by atoms with van der Waals surface area (Å²) in [6.45, 7) is 2.25. The van der Waals surface area contributed by atoms with E-state index in [0.29, 0.717) is 28.9 Å². The highest BCUT2D eigenvalue weighted by Crippen LogP contribution is 2.16. The number of aliphatic hydroxyl groups excluding tert-OH is 2. The molecule has 3 aromatic carbocycles. The van der Waals surface area contributed by atoms with Crippen molar-refractivity contribution in [3.63, 3.8) is 0 Å². The average molecular weight is 1300 g/mol. The van der Waals surface area contributed by atoms with Gasteiger partial charge in [0.1, 0.15) is 66.4 Å². The lowest BCUT2D eigenvalue weighted by atomic mass is 9.96. The van der Waals surface area contributed by atoms with Crippen LogP contribution in [0.15, 0.2) is 78.9 Å². The second-order valence-electron chi connectivity index (χ2n) is 21.0. The number of aliphatic hydroxyl groups is 2. The van der Waals surface area contributed by atoms with E-state index in [1.165, 1.54) is 60.3 Å². The number of ether oxygens (including phenoxy) is 2. The zero-order valence-corrected chi connectivity index (χ0v) is 52.0. The van der Waals surface area contributed by atoms with Gasteiger partial charge < -0.3 is 88.8 Å². The highest BCUT2D eigenvalue weighted by atomic mass is 32.2. The molecule has 0 radical (unpaired) electrons. The summed E-state index contributed by atoms with van der Waals surface area (Å²) in [5, 5.41) is 66.4. The molecule has 1 aliphatic rings. The van der Waals surface area contributed by atoms with Crippen LogP contribution >= 0.6 is 24.4 Å². The van der Waals surface area contributed by atoms with Gasteiger partial charge in [0, 0.05) is 38.1 Å². The van der Waals surface area contributed by atoms with Crippen LogP contribution in [0, 0.1) is 5.92 Å². The van der Waals surface area contributed by atoms with Crippen molar-refractivity contribution in [3.8, 4) is 11.5 Å². The molecule has 30 nitrogen and oxygen atoms in total. The maximum Gasteiger partial charge on any atom is 0.333 e. The molecular formula is C58H83N13O17S2. The number of carbonyl (C=O) groups is 11. The maximum absolute atomic E-state index is 14.7. The van der Waals surface area contributed by atoms with E-state index in [9.17, 15) is 73.2 Å². The SMILES string of the molecule is CCC(C)[C@@H]1NC(=O)[C@H](Cc2ccccc2)NC(=O)[C@H](Cc2ccc(O)cc2)NC(=O)[C@@H](NC(=O)[C@@H](NC(=O)[C@H](CO)NC(=O)[C@H](Cc2ccc(O)cc2)NC(=O)COCCOCCNC(=O)[C@@H](N)CS)C(C)O)CNC(=O)NNC(=O)[C@H](CCSC)NC1=O. The Labute approximate surface area is 530 Å². The number of benzene rings is 3. The highest BCUT2D eigenvalue weighted by Gasteiger charge is 2.37. The fourth-order valence-corrected chi connectivity index (χ4v) is 9.24. The van der Waals surface area contributed by atoms with E-state index in [0.717, 1.165) is 6.92 Å². The number of phenols is 2. The molecule has 1 fully saturated rings. The Kier molecular flexibility index (Phi) is 32.1. The summed E-state index contributed by atoms with van der Waals surface area (Å²) >= 11 is 5.33. The predicted octanol–water partition coefficient (Wildman–Crippen LogP) is -4.07. The number of nitrogens with two attached hydrogens (primary N) is 1. The molecular weight excluding hydrogens is 1210 g/mol. The van der Waals surface area contributed by atoms with Gasteiger partial charge in [0.15, 0.2) is 0 Å². The van der Waals surface area contributed by atoms with Crippen LogP contribution in [0.5, 0.6) is 11.5 Å². The molecule has 11 atom stereocenters. The summed E-state index contributed by atoms with van der Waals surface area (Å²) in [5.74, 6) is -9.56. The third kappa shape index (κ3) is 25.7. The van der Waals surface area contributed by atoms with Gasteiger partial charge >= 0.3 is 6.03 Å². The van der Waals surface area contributed by atoms with Gasteiger partial charge in [0.05, 0.1) is 38.6 Å². The lowest BCUT2D eigenvalue weighted by Gasteiger charge is -2.29. The van der Waals surface area contributed by atoms with Crippen molar-refractivity contribution in [1.29, 1.82) is 0 Å². The number of thioether (sulfide) groups is 1. The Bertz CT molecular complexity index is 2860. The summed E-state index contributed by atoms with van der Waals surface area (Å²) in [5.41, 5.74) is 11.4. The van der Waals surface area contributed by atoms with Crippen LogP contribution in [0.2, 0.25) is 0 Å². The van der Waals surface area contributed by atoms with Crippen LogP contribution in [-0.2, 0) is 76.7 Å². The molecule has 1 heterocycles. The first-order valence-electron chi connectivity index (χ1n) is 28.9.